The predicted octanol–water partition coefficient (Wildman–Crippen LogP) is 5.16. The van der Waals surface area contributed by atoms with Crippen LogP contribution in [0.3, 0.4) is 0 Å². The first-order chi connectivity index (χ1) is 14.9. The molecular weight excluding hydrogens is 450 g/mol. The first-order valence-corrected chi connectivity index (χ1v) is 11.9. The normalized spacial score (nSPS) is 11.1. The zero-order valence-corrected chi connectivity index (χ0v) is 19.4. The third-order valence-electron chi connectivity index (χ3n) is 4.81. The van der Waals surface area contributed by atoms with Crippen molar-refractivity contribution in [2.75, 3.05) is 12.8 Å². The molecule has 4 aromatic rings. The summed E-state index contributed by atoms with van der Waals surface area (Å²) in [6, 6.07) is 14.7. The zero-order chi connectivity index (χ0) is 22.0. The lowest BCUT2D eigenvalue weighted by atomic mass is 10.2. The molecule has 0 atom stereocenters. The minimum atomic E-state index is -0.186. The molecule has 0 bridgehead atoms. The van der Waals surface area contributed by atoms with Gasteiger partial charge in [-0.2, -0.15) is 11.3 Å². The number of benzene rings is 2. The van der Waals surface area contributed by atoms with E-state index in [9.17, 15) is 9.59 Å². The van der Waals surface area contributed by atoms with E-state index in [1.807, 2.05) is 48.0 Å². The highest BCUT2D eigenvalue weighted by Gasteiger charge is 2.17. The first-order valence-electron chi connectivity index (χ1n) is 9.59. The fourth-order valence-corrected chi connectivity index (χ4v) is 4.99. The molecule has 2 aromatic heterocycles. The standard InChI is InChI=1S/C23H20ClN3O2S2/c1-15-4-3-5-18(10-15)27-22(29)19-7-6-17(24)11-20(19)25-23(27)31-14-21(28)26(2)12-16-8-9-30-13-16/h3-11,13H,12,14H2,1-2H3. The maximum Gasteiger partial charge on any atom is 0.266 e. The Morgan fingerprint density at radius 3 is 2.81 bits per heavy atom. The Bertz CT molecular complexity index is 1300. The van der Waals surface area contributed by atoms with Crippen molar-refractivity contribution in [2.45, 2.75) is 18.6 Å². The predicted molar refractivity (Wildman–Crippen MR) is 129 cm³/mol. The smallest absolute Gasteiger partial charge is 0.266 e. The number of thiophene rings is 1. The van der Waals surface area contributed by atoms with E-state index in [4.69, 9.17) is 11.6 Å². The summed E-state index contributed by atoms with van der Waals surface area (Å²) >= 11 is 8.98. The van der Waals surface area contributed by atoms with Crippen LogP contribution in [0.5, 0.6) is 0 Å². The molecule has 0 radical (unpaired) electrons. The van der Waals surface area contributed by atoms with Crippen LogP contribution >= 0.6 is 34.7 Å². The molecule has 31 heavy (non-hydrogen) atoms. The van der Waals surface area contributed by atoms with Crippen LogP contribution in [0.25, 0.3) is 16.6 Å². The monoisotopic (exact) mass is 469 g/mol. The van der Waals surface area contributed by atoms with E-state index in [1.54, 1.807) is 46.1 Å². The molecule has 158 valence electrons. The molecule has 0 unspecified atom stereocenters. The SMILES string of the molecule is Cc1cccc(-n2c(SCC(=O)N(C)Cc3ccsc3)nc3cc(Cl)ccc3c2=O)c1. The van der Waals surface area contributed by atoms with Crippen molar-refractivity contribution in [3.63, 3.8) is 0 Å². The Labute approximate surface area is 193 Å². The molecule has 0 saturated carbocycles. The van der Waals surface area contributed by atoms with Crippen LogP contribution in [0.2, 0.25) is 5.02 Å². The first kappa shape index (κ1) is 21.6. The van der Waals surface area contributed by atoms with Crippen LogP contribution < -0.4 is 5.56 Å². The van der Waals surface area contributed by atoms with E-state index in [-0.39, 0.29) is 17.2 Å². The fourth-order valence-electron chi connectivity index (χ4n) is 3.21. The molecule has 0 N–H and O–H groups in total. The lowest BCUT2D eigenvalue weighted by Gasteiger charge is -2.17. The number of hydrogen-bond acceptors (Lipinski definition) is 5. The van der Waals surface area contributed by atoms with Gasteiger partial charge in [-0.25, -0.2) is 4.98 Å². The van der Waals surface area contributed by atoms with Gasteiger partial charge in [0.05, 0.1) is 22.3 Å². The quantitative estimate of drug-likeness (QED) is 0.289. The number of rotatable bonds is 6. The molecule has 0 aliphatic carbocycles. The molecule has 0 spiro atoms. The van der Waals surface area contributed by atoms with E-state index in [0.29, 0.717) is 27.6 Å². The number of hydrogen-bond donors (Lipinski definition) is 0. The van der Waals surface area contributed by atoms with Crippen LogP contribution in [0, 0.1) is 6.92 Å². The maximum absolute atomic E-state index is 13.3. The molecule has 5 nitrogen and oxygen atoms in total. The lowest BCUT2D eigenvalue weighted by Crippen LogP contribution is -2.28. The summed E-state index contributed by atoms with van der Waals surface area (Å²) in [5.41, 5.74) is 3.18. The van der Waals surface area contributed by atoms with Crippen molar-refractivity contribution in [3.05, 3.63) is 85.8 Å². The number of halogens is 1. The second-order valence-corrected chi connectivity index (χ2v) is 9.36. The van der Waals surface area contributed by atoms with Crippen molar-refractivity contribution < 1.29 is 4.79 Å². The Morgan fingerprint density at radius 2 is 2.06 bits per heavy atom. The van der Waals surface area contributed by atoms with Gasteiger partial charge in [-0.1, -0.05) is 35.5 Å². The topological polar surface area (TPSA) is 55.2 Å². The highest BCUT2D eigenvalue weighted by Crippen LogP contribution is 2.24. The molecular formula is C23H20ClN3O2S2. The number of aromatic nitrogens is 2. The Balaban J connectivity index is 1.69. The third-order valence-corrected chi connectivity index (χ3v) is 6.70. The van der Waals surface area contributed by atoms with Gasteiger partial charge in [0.1, 0.15) is 0 Å². The van der Waals surface area contributed by atoms with E-state index >= 15 is 0 Å². The molecule has 4 rings (SSSR count). The minimum Gasteiger partial charge on any atom is -0.341 e. The molecule has 2 heterocycles. The summed E-state index contributed by atoms with van der Waals surface area (Å²) in [6.07, 6.45) is 0. The minimum absolute atomic E-state index is 0.0348. The number of carbonyl (C=O) groups excluding carboxylic acids is 1. The van der Waals surface area contributed by atoms with Crippen molar-refractivity contribution in [1.29, 1.82) is 0 Å². The number of aryl methyl sites for hydroxylation is 1. The lowest BCUT2D eigenvalue weighted by molar-refractivity contribution is -0.127. The van der Waals surface area contributed by atoms with Crippen LogP contribution in [-0.2, 0) is 11.3 Å². The van der Waals surface area contributed by atoms with Crippen LogP contribution in [0.4, 0.5) is 0 Å². The van der Waals surface area contributed by atoms with Crippen molar-refractivity contribution in [2.24, 2.45) is 0 Å². The second-order valence-electron chi connectivity index (χ2n) is 7.21. The summed E-state index contributed by atoms with van der Waals surface area (Å²) in [4.78, 5) is 32.4. The molecule has 0 fully saturated rings. The Hall–Kier alpha value is -2.61. The number of thioether (sulfide) groups is 1. The number of carbonyl (C=O) groups is 1. The third kappa shape index (κ3) is 4.84. The number of amides is 1. The van der Waals surface area contributed by atoms with E-state index in [0.717, 1.165) is 16.8 Å². The molecule has 2 aromatic carbocycles. The average molecular weight is 470 g/mol. The van der Waals surface area contributed by atoms with Gasteiger partial charge in [0.2, 0.25) is 5.91 Å². The molecule has 0 aliphatic rings. The van der Waals surface area contributed by atoms with Crippen molar-refractivity contribution in [3.8, 4) is 5.69 Å². The average Bonchev–Trinajstić information content (AvgIpc) is 3.24. The van der Waals surface area contributed by atoms with Gasteiger partial charge in [0.15, 0.2) is 5.16 Å². The highest BCUT2D eigenvalue weighted by molar-refractivity contribution is 7.99. The number of fused-ring (bicyclic) bond motifs is 1. The Morgan fingerprint density at radius 1 is 1.23 bits per heavy atom. The van der Waals surface area contributed by atoms with Crippen LogP contribution in [-0.4, -0.2) is 33.2 Å². The molecule has 8 heteroatoms. The molecule has 0 saturated heterocycles. The zero-order valence-electron chi connectivity index (χ0n) is 17.0. The van der Waals surface area contributed by atoms with E-state index in [1.165, 1.54) is 11.8 Å². The van der Waals surface area contributed by atoms with Crippen LogP contribution in [0.1, 0.15) is 11.1 Å². The van der Waals surface area contributed by atoms with Gasteiger partial charge in [-0.05, 0) is 65.2 Å². The molecule has 0 aliphatic heterocycles. The largest absolute Gasteiger partial charge is 0.341 e. The van der Waals surface area contributed by atoms with Crippen molar-refractivity contribution >= 4 is 51.5 Å². The van der Waals surface area contributed by atoms with Gasteiger partial charge < -0.3 is 4.90 Å². The summed E-state index contributed by atoms with van der Waals surface area (Å²) < 4.78 is 1.57. The fraction of sp³-hybridized carbons (Fsp3) is 0.174. The molecule has 1 amide bonds. The van der Waals surface area contributed by atoms with Crippen LogP contribution in [0.15, 0.2) is 69.2 Å². The number of nitrogens with zero attached hydrogens (tertiary/aromatic N) is 3. The summed E-state index contributed by atoms with van der Waals surface area (Å²) in [6.45, 7) is 2.52. The summed E-state index contributed by atoms with van der Waals surface area (Å²) in [5, 5.41) is 5.47. The summed E-state index contributed by atoms with van der Waals surface area (Å²) in [5.74, 6) is 0.137. The van der Waals surface area contributed by atoms with Gasteiger partial charge >= 0.3 is 0 Å². The van der Waals surface area contributed by atoms with Gasteiger partial charge in [0.25, 0.3) is 5.56 Å². The van der Waals surface area contributed by atoms with E-state index in [2.05, 4.69) is 4.98 Å². The second kappa shape index (κ2) is 9.26. The van der Waals surface area contributed by atoms with Gasteiger partial charge in [-0.15, -0.1) is 0 Å². The highest BCUT2D eigenvalue weighted by atomic mass is 35.5. The van der Waals surface area contributed by atoms with E-state index < -0.39 is 0 Å². The maximum atomic E-state index is 13.3. The Kier molecular flexibility index (Phi) is 6.46. The van der Waals surface area contributed by atoms with Gasteiger partial charge in [0, 0.05) is 18.6 Å². The van der Waals surface area contributed by atoms with Gasteiger partial charge in [-0.3, -0.25) is 14.2 Å². The summed E-state index contributed by atoms with van der Waals surface area (Å²) in [7, 11) is 1.78. The van der Waals surface area contributed by atoms with Crippen molar-refractivity contribution in [1.82, 2.24) is 14.5 Å².